The molecule has 9 nitrogen and oxygen atoms in total. The van der Waals surface area contributed by atoms with Crippen LogP contribution in [0.3, 0.4) is 0 Å². The van der Waals surface area contributed by atoms with Crippen LogP contribution in [-0.4, -0.2) is 60.4 Å². The van der Waals surface area contributed by atoms with Gasteiger partial charge in [-0.2, -0.15) is 0 Å². The third-order valence-corrected chi connectivity index (χ3v) is 4.72. The van der Waals surface area contributed by atoms with E-state index in [4.69, 9.17) is 18.9 Å². The molecule has 1 fully saturated rings. The van der Waals surface area contributed by atoms with Gasteiger partial charge in [-0.15, -0.1) is 5.10 Å². The van der Waals surface area contributed by atoms with Gasteiger partial charge in [0, 0.05) is 32.4 Å². The van der Waals surface area contributed by atoms with E-state index < -0.39 is 11.6 Å². The van der Waals surface area contributed by atoms with Gasteiger partial charge in [-0.1, -0.05) is 0 Å². The molecule has 0 spiro atoms. The molecule has 1 aliphatic rings. The molecule has 0 bridgehead atoms. The maximum Gasteiger partial charge on any atom is 0.407 e. The highest BCUT2D eigenvalue weighted by Gasteiger charge is 2.28. The third kappa shape index (κ3) is 7.51. The van der Waals surface area contributed by atoms with Crippen LogP contribution in [0.1, 0.15) is 76.2 Å². The van der Waals surface area contributed by atoms with Crippen LogP contribution in [-0.2, 0) is 14.2 Å². The van der Waals surface area contributed by atoms with E-state index in [1.54, 1.807) is 24.9 Å². The average molecular weight is 426 g/mol. The number of hydrogen-bond acceptors (Lipinski definition) is 7. The van der Waals surface area contributed by atoms with Crippen LogP contribution >= 0.6 is 0 Å². The van der Waals surface area contributed by atoms with Crippen molar-refractivity contribution in [3.63, 3.8) is 0 Å². The van der Waals surface area contributed by atoms with Crippen LogP contribution in [0.4, 0.5) is 4.79 Å². The van der Waals surface area contributed by atoms with Crippen molar-refractivity contribution in [2.24, 2.45) is 0 Å². The SMILES string of the molecule is CCOC(=O)c1cn(C2CCC(NC(=O)OC(C)(C)C)CC2)nc1OCCCOC. The van der Waals surface area contributed by atoms with Crippen LogP contribution in [0.25, 0.3) is 0 Å². The molecule has 1 aromatic heterocycles. The van der Waals surface area contributed by atoms with Gasteiger partial charge < -0.3 is 24.3 Å². The van der Waals surface area contributed by atoms with Crippen molar-refractivity contribution in [2.45, 2.75) is 77.5 Å². The van der Waals surface area contributed by atoms with E-state index in [0.717, 1.165) is 25.7 Å². The molecule has 170 valence electrons. The number of aromatic nitrogens is 2. The normalized spacial score (nSPS) is 19.2. The molecule has 0 aliphatic heterocycles. The number of alkyl carbamates (subject to hydrolysis) is 1. The van der Waals surface area contributed by atoms with Gasteiger partial charge in [-0.3, -0.25) is 4.68 Å². The third-order valence-electron chi connectivity index (χ3n) is 4.72. The summed E-state index contributed by atoms with van der Waals surface area (Å²) in [5.74, 6) is -0.149. The van der Waals surface area contributed by atoms with Crippen molar-refractivity contribution in [2.75, 3.05) is 26.9 Å². The Kier molecular flexibility index (Phi) is 8.95. The Morgan fingerprint density at radius 3 is 2.50 bits per heavy atom. The number of methoxy groups -OCH3 is 1. The molecule has 2 rings (SSSR count). The van der Waals surface area contributed by atoms with Crippen molar-refractivity contribution in [3.05, 3.63) is 11.8 Å². The predicted octanol–water partition coefficient (Wildman–Crippen LogP) is 3.48. The van der Waals surface area contributed by atoms with E-state index in [1.807, 2.05) is 20.8 Å². The topological polar surface area (TPSA) is 101 Å². The summed E-state index contributed by atoms with van der Waals surface area (Å²) in [6, 6.07) is 0.201. The first-order valence-electron chi connectivity index (χ1n) is 10.6. The van der Waals surface area contributed by atoms with Gasteiger partial charge in [0.15, 0.2) is 0 Å². The number of nitrogens with one attached hydrogen (secondary N) is 1. The Hall–Kier alpha value is -2.29. The molecule has 1 N–H and O–H groups in total. The number of carbonyl (C=O) groups excluding carboxylic acids is 2. The zero-order valence-corrected chi connectivity index (χ0v) is 18.7. The summed E-state index contributed by atoms with van der Waals surface area (Å²) < 4.78 is 23.0. The summed E-state index contributed by atoms with van der Waals surface area (Å²) in [7, 11) is 1.63. The highest BCUT2D eigenvalue weighted by atomic mass is 16.6. The van der Waals surface area contributed by atoms with E-state index in [-0.39, 0.29) is 24.8 Å². The Labute approximate surface area is 178 Å². The summed E-state index contributed by atoms with van der Waals surface area (Å²) >= 11 is 0. The molecule has 1 heterocycles. The highest BCUT2D eigenvalue weighted by molar-refractivity contribution is 5.91. The number of amides is 1. The molecular formula is C21H35N3O6. The zero-order chi connectivity index (χ0) is 22.1. The molecule has 0 aromatic carbocycles. The fourth-order valence-electron chi connectivity index (χ4n) is 3.35. The van der Waals surface area contributed by atoms with E-state index >= 15 is 0 Å². The molecule has 9 heteroatoms. The molecule has 1 aliphatic carbocycles. The molecule has 0 unspecified atom stereocenters. The van der Waals surface area contributed by atoms with Gasteiger partial charge in [-0.25, -0.2) is 9.59 Å². The second kappa shape index (κ2) is 11.2. The lowest BCUT2D eigenvalue weighted by Gasteiger charge is -2.30. The molecule has 1 amide bonds. The molecule has 0 saturated heterocycles. The fourth-order valence-corrected chi connectivity index (χ4v) is 3.35. The average Bonchev–Trinajstić information content (AvgIpc) is 3.09. The van der Waals surface area contributed by atoms with E-state index in [1.165, 1.54) is 0 Å². The molecule has 30 heavy (non-hydrogen) atoms. The van der Waals surface area contributed by atoms with Crippen molar-refractivity contribution in [3.8, 4) is 5.88 Å². The second-order valence-corrected chi connectivity index (χ2v) is 8.39. The van der Waals surface area contributed by atoms with Gasteiger partial charge in [0.25, 0.3) is 0 Å². The minimum absolute atomic E-state index is 0.0703. The maximum atomic E-state index is 12.3. The number of esters is 1. The Balaban J connectivity index is 1.96. The quantitative estimate of drug-likeness (QED) is 0.477. The molecule has 0 atom stereocenters. The molecule has 1 saturated carbocycles. The van der Waals surface area contributed by atoms with Crippen molar-refractivity contribution >= 4 is 12.1 Å². The van der Waals surface area contributed by atoms with Crippen molar-refractivity contribution in [1.29, 1.82) is 0 Å². The standard InChI is InChI=1S/C21H35N3O6/c1-6-28-19(25)17-14-24(23-18(17)29-13-7-12-27-5)16-10-8-15(9-11-16)22-20(26)30-21(2,3)4/h14-16H,6-13H2,1-5H3,(H,22,26). The highest BCUT2D eigenvalue weighted by Crippen LogP contribution is 2.30. The predicted molar refractivity (Wildman–Crippen MR) is 111 cm³/mol. The second-order valence-electron chi connectivity index (χ2n) is 8.39. The van der Waals surface area contributed by atoms with Crippen LogP contribution in [0.15, 0.2) is 6.20 Å². The Morgan fingerprint density at radius 2 is 1.90 bits per heavy atom. The monoisotopic (exact) mass is 425 g/mol. The fraction of sp³-hybridized carbons (Fsp3) is 0.762. The van der Waals surface area contributed by atoms with Gasteiger partial charge in [-0.05, 0) is 53.4 Å². The lowest BCUT2D eigenvalue weighted by molar-refractivity contribution is 0.0483. The summed E-state index contributed by atoms with van der Waals surface area (Å²) in [6.45, 7) is 8.56. The minimum atomic E-state index is -0.514. The largest absolute Gasteiger partial charge is 0.476 e. The van der Waals surface area contributed by atoms with Crippen molar-refractivity contribution in [1.82, 2.24) is 15.1 Å². The number of carbonyl (C=O) groups is 2. The van der Waals surface area contributed by atoms with Crippen LogP contribution in [0.5, 0.6) is 5.88 Å². The first kappa shape index (κ1) is 24.0. The summed E-state index contributed by atoms with van der Waals surface area (Å²) in [6.07, 6.45) is 5.29. The Morgan fingerprint density at radius 1 is 1.20 bits per heavy atom. The number of hydrogen-bond donors (Lipinski definition) is 1. The number of ether oxygens (including phenoxy) is 4. The smallest absolute Gasteiger partial charge is 0.407 e. The van der Waals surface area contributed by atoms with Gasteiger partial charge in [0.2, 0.25) is 5.88 Å². The Bertz CT molecular complexity index is 689. The lowest BCUT2D eigenvalue weighted by atomic mass is 9.91. The van der Waals surface area contributed by atoms with Gasteiger partial charge in [0.1, 0.15) is 11.2 Å². The molecular weight excluding hydrogens is 390 g/mol. The van der Waals surface area contributed by atoms with E-state index in [9.17, 15) is 9.59 Å². The number of rotatable bonds is 9. The van der Waals surface area contributed by atoms with Gasteiger partial charge in [0.05, 0.1) is 19.3 Å². The molecule has 0 radical (unpaired) electrons. The minimum Gasteiger partial charge on any atom is -0.476 e. The zero-order valence-electron chi connectivity index (χ0n) is 18.7. The maximum absolute atomic E-state index is 12.3. The lowest BCUT2D eigenvalue weighted by Crippen LogP contribution is -2.41. The van der Waals surface area contributed by atoms with Crippen LogP contribution < -0.4 is 10.1 Å². The summed E-state index contributed by atoms with van der Waals surface area (Å²) in [5, 5.41) is 7.45. The van der Waals surface area contributed by atoms with E-state index in [2.05, 4.69) is 10.4 Å². The number of nitrogens with zero attached hydrogens (tertiary/aromatic N) is 2. The first-order chi connectivity index (χ1) is 14.2. The van der Waals surface area contributed by atoms with Gasteiger partial charge >= 0.3 is 12.1 Å². The van der Waals surface area contributed by atoms with Crippen molar-refractivity contribution < 1.29 is 28.5 Å². The summed E-state index contributed by atoms with van der Waals surface area (Å²) in [4.78, 5) is 24.3. The van der Waals surface area contributed by atoms with Crippen LogP contribution in [0, 0.1) is 0 Å². The first-order valence-corrected chi connectivity index (χ1v) is 10.6. The van der Waals surface area contributed by atoms with Crippen LogP contribution in [0.2, 0.25) is 0 Å². The van der Waals surface area contributed by atoms with E-state index in [0.29, 0.717) is 31.1 Å². The summed E-state index contributed by atoms with van der Waals surface area (Å²) in [5.41, 5.74) is -0.178. The molecule has 1 aromatic rings.